The van der Waals surface area contributed by atoms with Gasteiger partial charge in [-0.3, -0.25) is 14.6 Å². The van der Waals surface area contributed by atoms with Crippen molar-refractivity contribution < 1.29 is 9.59 Å². The molecule has 1 aromatic heterocycles. The third-order valence-corrected chi connectivity index (χ3v) is 4.77. The van der Waals surface area contributed by atoms with Gasteiger partial charge < -0.3 is 9.80 Å². The third kappa shape index (κ3) is 3.71. The zero-order valence-electron chi connectivity index (χ0n) is 14.7. The molecule has 5 nitrogen and oxygen atoms in total. The predicted octanol–water partition coefficient (Wildman–Crippen LogP) is 2.21. The highest BCUT2D eigenvalue weighted by Gasteiger charge is 2.31. The first kappa shape index (κ1) is 17.1. The molecule has 130 valence electrons. The van der Waals surface area contributed by atoms with E-state index in [0.717, 1.165) is 16.8 Å². The molecule has 1 aliphatic heterocycles. The van der Waals surface area contributed by atoms with Crippen molar-refractivity contribution in [3.05, 3.63) is 65.5 Å². The van der Waals surface area contributed by atoms with E-state index in [2.05, 4.69) is 4.98 Å². The number of hydrogen-bond acceptors (Lipinski definition) is 3. The lowest BCUT2D eigenvalue weighted by Gasteiger charge is -2.36. The zero-order chi connectivity index (χ0) is 17.8. The van der Waals surface area contributed by atoms with Gasteiger partial charge in [0.05, 0.1) is 5.69 Å². The van der Waals surface area contributed by atoms with Gasteiger partial charge in [-0.05, 0) is 30.2 Å². The molecule has 3 rings (SSSR count). The number of hydrogen-bond donors (Lipinski definition) is 0. The number of pyridine rings is 1. The van der Waals surface area contributed by atoms with Crippen molar-refractivity contribution in [3.8, 4) is 0 Å². The average molecular weight is 337 g/mol. The summed E-state index contributed by atoms with van der Waals surface area (Å²) < 4.78 is 0. The van der Waals surface area contributed by atoms with Crippen molar-refractivity contribution in [2.24, 2.45) is 0 Å². The number of aryl methyl sites for hydroxylation is 1. The van der Waals surface area contributed by atoms with Crippen LogP contribution in [0.25, 0.3) is 0 Å². The molecule has 2 aromatic rings. The van der Waals surface area contributed by atoms with E-state index in [1.807, 2.05) is 54.3 Å². The van der Waals surface area contributed by atoms with Gasteiger partial charge >= 0.3 is 0 Å². The molecule has 1 aliphatic rings. The molecule has 1 fully saturated rings. The molecule has 2 heterocycles. The third-order valence-electron chi connectivity index (χ3n) is 4.77. The maximum Gasteiger partial charge on any atom is 0.236 e. The molecule has 0 bridgehead atoms. The first-order valence-electron chi connectivity index (χ1n) is 8.58. The molecular weight excluding hydrogens is 314 g/mol. The second-order valence-electron chi connectivity index (χ2n) is 6.38. The van der Waals surface area contributed by atoms with Crippen LogP contribution in [0, 0.1) is 6.92 Å². The van der Waals surface area contributed by atoms with Crippen LogP contribution in [-0.2, 0) is 9.59 Å². The van der Waals surface area contributed by atoms with E-state index >= 15 is 0 Å². The molecule has 1 atom stereocenters. The number of aromatic nitrogens is 1. The van der Waals surface area contributed by atoms with Crippen LogP contribution < -0.4 is 0 Å². The monoisotopic (exact) mass is 337 g/mol. The number of piperazine rings is 1. The lowest BCUT2D eigenvalue weighted by molar-refractivity contribution is -0.138. The summed E-state index contributed by atoms with van der Waals surface area (Å²) in [5.74, 6) is -0.297. The lowest BCUT2D eigenvalue weighted by Crippen LogP contribution is -2.51. The molecule has 0 saturated carbocycles. The Balaban J connectivity index is 1.89. The first-order chi connectivity index (χ1) is 12.1. The molecule has 0 radical (unpaired) electrons. The van der Waals surface area contributed by atoms with Gasteiger partial charge in [-0.25, -0.2) is 0 Å². The van der Waals surface area contributed by atoms with E-state index in [-0.39, 0.29) is 11.8 Å². The summed E-state index contributed by atoms with van der Waals surface area (Å²) in [6.45, 7) is 5.89. The topological polar surface area (TPSA) is 53.5 Å². The van der Waals surface area contributed by atoms with E-state index in [9.17, 15) is 9.59 Å². The fourth-order valence-electron chi connectivity index (χ4n) is 3.30. The smallest absolute Gasteiger partial charge is 0.236 e. The Hall–Kier alpha value is -2.69. The fraction of sp³-hybridized carbons (Fsp3) is 0.350. The number of rotatable bonds is 3. The Morgan fingerprint density at radius 1 is 0.960 bits per heavy atom. The van der Waals surface area contributed by atoms with Crippen molar-refractivity contribution in [1.82, 2.24) is 14.8 Å². The minimum absolute atomic E-state index is 0.0520. The second kappa shape index (κ2) is 7.47. The largest absolute Gasteiger partial charge is 0.339 e. The van der Waals surface area contributed by atoms with Crippen LogP contribution in [0.2, 0.25) is 0 Å². The van der Waals surface area contributed by atoms with Crippen molar-refractivity contribution in [2.45, 2.75) is 19.8 Å². The minimum Gasteiger partial charge on any atom is -0.339 e. The summed E-state index contributed by atoms with van der Waals surface area (Å²) in [6.07, 6.45) is 1.72. The number of amides is 2. The summed E-state index contributed by atoms with van der Waals surface area (Å²) in [5.41, 5.74) is 2.82. The first-order valence-corrected chi connectivity index (χ1v) is 8.58. The highest BCUT2D eigenvalue weighted by molar-refractivity contribution is 5.87. The van der Waals surface area contributed by atoms with Crippen LogP contribution in [0.4, 0.5) is 0 Å². The van der Waals surface area contributed by atoms with Crippen LogP contribution in [0.15, 0.2) is 48.7 Å². The highest BCUT2D eigenvalue weighted by Crippen LogP contribution is 2.28. The Bertz CT molecular complexity index is 753. The minimum atomic E-state index is -0.411. The van der Waals surface area contributed by atoms with Crippen LogP contribution in [0.3, 0.4) is 0 Å². The van der Waals surface area contributed by atoms with Gasteiger partial charge in [-0.1, -0.05) is 30.3 Å². The Labute approximate surface area is 148 Å². The van der Waals surface area contributed by atoms with Gasteiger partial charge in [0.25, 0.3) is 0 Å². The van der Waals surface area contributed by atoms with E-state index < -0.39 is 5.92 Å². The van der Waals surface area contributed by atoms with E-state index in [4.69, 9.17) is 0 Å². The van der Waals surface area contributed by atoms with Crippen molar-refractivity contribution in [3.63, 3.8) is 0 Å². The Kier molecular flexibility index (Phi) is 5.12. The van der Waals surface area contributed by atoms with Gasteiger partial charge in [0, 0.05) is 39.3 Å². The van der Waals surface area contributed by atoms with Gasteiger partial charge in [-0.2, -0.15) is 0 Å². The van der Waals surface area contributed by atoms with E-state index in [1.165, 1.54) is 0 Å². The molecule has 1 aromatic carbocycles. The number of carbonyl (C=O) groups is 2. The second-order valence-corrected chi connectivity index (χ2v) is 6.38. The Morgan fingerprint density at radius 3 is 2.20 bits per heavy atom. The van der Waals surface area contributed by atoms with Crippen molar-refractivity contribution in [1.29, 1.82) is 0 Å². The molecule has 1 unspecified atom stereocenters. The van der Waals surface area contributed by atoms with Crippen molar-refractivity contribution >= 4 is 11.8 Å². The summed E-state index contributed by atoms with van der Waals surface area (Å²) in [5, 5.41) is 0. The predicted molar refractivity (Wildman–Crippen MR) is 96.1 cm³/mol. The zero-order valence-corrected chi connectivity index (χ0v) is 14.7. The average Bonchev–Trinajstić information content (AvgIpc) is 2.64. The maximum absolute atomic E-state index is 13.3. The normalized spacial score (nSPS) is 15.8. The standard InChI is InChI=1S/C20H23N3O2/c1-15-7-3-4-8-17(15)19(18-9-5-6-10-21-18)20(25)23-13-11-22(12-14-23)16(2)24/h3-10,19H,11-14H2,1-2H3. The van der Waals surface area contributed by atoms with Gasteiger partial charge in [0.15, 0.2) is 0 Å². The lowest BCUT2D eigenvalue weighted by atomic mass is 9.90. The molecule has 0 spiro atoms. The molecule has 5 heteroatoms. The number of nitrogens with zero attached hydrogens (tertiary/aromatic N) is 3. The van der Waals surface area contributed by atoms with Gasteiger partial charge in [-0.15, -0.1) is 0 Å². The van der Waals surface area contributed by atoms with Crippen LogP contribution >= 0.6 is 0 Å². The number of carbonyl (C=O) groups excluding carboxylic acids is 2. The summed E-state index contributed by atoms with van der Waals surface area (Å²) in [7, 11) is 0. The van der Waals surface area contributed by atoms with E-state index in [1.54, 1.807) is 18.0 Å². The van der Waals surface area contributed by atoms with Gasteiger partial charge in [0.1, 0.15) is 5.92 Å². The van der Waals surface area contributed by atoms with Gasteiger partial charge in [0.2, 0.25) is 11.8 Å². The SMILES string of the molecule is CC(=O)N1CCN(C(=O)C(c2ccccn2)c2ccccc2C)CC1. The molecule has 1 saturated heterocycles. The highest BCUT2D eigenvalue weighted by atomic mass is 16.2. The van der Waals surface area contributed by atoms with Crippen LogP contribution in [0.5, 0.6) is 0 Å². The number of benzene rings is 1. The summed E-state index contributed by atoms with van der Waals surface area (Å²) >= 11 is 0. The quantitative estimate of drug-likeness (QED) is 0.863. The maximum atomic E-state index is 13.3. The van der Waals surface area contributed by atoms with E-state index in [0.29, 0.717) is 26.2 Å². The molecule has 2 amide bonds. The summed E-state index contributed by atoms with van der Waals surface area (Å²) in [4.78, 5) is 32.9. The van der Waals surface area contributed by atoms with Crippen molar-refractivity contribution in [2.75, 3.05) is 26.2 Å². The fourth-order valence-corrected chi connectivity index (χ4v) is 3.30. The summed E-state index contributed by atoms with van der Waals surface area (Å²) in [6, 6.07) is 13.6. The van der Waals surface area contributed by atoms with Crippen LogP contribution in [0.1, 0.15) is 29.7 Å². The molecule has 25 heavy (non-hydrogen) atoms. The molecule has 0 aliphatic carbocycles. The molecule has 0 N–H and O–H groups in total. The Morgan fingerprint density at radius 2 is 1.60 bits per heavy atom. The van der Waals surface area contributed by atoms with Crippen LogP contribution in [-0.4, -0.2) is 52.8 Å². The molecular formula is C20H23N3O2.